The minimum atomic E-state index is -0.437. The van der Waals surface area contributed by atoms with Gasteiger partial charge < -0.3 is 19.9 Å². The van der Waals surface area contributed by atoms with Gasteiger partial charge in [0, 0.05) is 0 Å². The number of anilines is 1. The Morgan fingerprint density at radius 2 is 2.26 bits per heavy atom. The highest BCUT2D eigenvalue weighted by Gasteiger charge is 2.18. The molecule has 2 aromatic rings. The number of aromatic nitrogens is 2. The third-order valence-electron chi connectivity index (χ3n) is 3.55. The Labute approximate surface area is 161 Å². The van der Waals surface area contributed by atoms with E-state index in [2.05, 4.69) is 19.7 Å². The zero-order chi connectivity index (χ0) is 19.2. The Morgan fingerprint density at radius 3 is 3.04 bits per heavy atom. The van der Waals surface area contributed by atoms with Gasteiger partial charge in [0.2, 0.25) is 11.8 Å². The molecule has 3 heterocycles. The maximum Gasteiger partial charge on any atom is 0.229 e. The monoisotopic (exact) mass is 389 g/mol. The standard InChI is InChI=1S/C18H20FN5O2S/c1-3-25-18-16(6-12(19)8-21-18)27-24-13-7-14-15(4-5-20)23-11(2)10-26-17(14)22-9-13/h4-9,11,24H,3,10,20H2,1-2H3. The Balaban J connectivity index is 1.85. The van der Waals surface area contributed by atoms with E-state index in [4.69, 9.17) is 15.2 Å². The van der Waals surface area contributed by atoms with Gasteiger partial charge in [-0.05, 0) is 50.2 Å². The lowest BCUT2D eigenvalue weighted by atomic mass is 10.1. The van der Waals surface area contributed by atoms with E-state index >= 15 is 0 Å². The SMILES string of the molecule is CCOc1ncc(F)cc1SNc1cnc2c(c1)C(C=CN)=NC(C)CO2. The lowest BCUT2D eigenvalue weighted by Crippen LogP contribution is -2.10. The molecule has 1 atom stereocenters. The fourth-order valence-electron chi connectivity index (χ4n) is 2.41. The highest BCUT2D eigenvalue weighted by molar-refractivity contribution is 8.00. The maximum atomic E-state index is 13.5. The van der Waals surface area contributed by atoms with E-state index in [1.165, 1.54) is 24.2 Å². The van der Waals surface area contributed by atoms with Gasteiger partial charge in [-0.1, -0.05) is 0 Å². The lowest BCUT2D eigenvalue weighted by Gasteiger charge is -2.12. The summed E-state index contributed by atoms with van der Waals surface area (Å²) in [4.78, 5) is 13.5. The van der Waals surface area contributed by atoms with Gasteiger partial charge in [0.15, 0.2) is 0 Å². The lowest BCUT2D eigenvalue weighted by molar-refractivity contribution is 0.289. The number of ether oxygens (including phenoxy) is 2. The van der Waals surface area contributed by atoms with Gasteiger partial charge >= 0.3 is 0 Å². The number of hydrogen-bond donors (Lipinski definition) is 2. The molecule has 0 saturated carbocycles. The van der Waals surface area contributed by atoms with Crippen LogP contribution in [0.3, 0.4) is 0 Å². The number of nitrogens with two attached hydrogens (primary N) is 1. The quantitative estimate of drug-likeness (QED) is 0.733. The van der Waals surface area contributed by atoms with Crippen molar-refractivity contribution < 1.29 is 13.9 Å². The molecule has 27 heavy (non-hydrogen) atoms. The summed E-state index contributed by atoms with van der Waals surface area (Å²) in [5, 5.41) is 0. The first-order valence-corrected chi connectivity index (χ1v) is 9.22. The molecular formula is C18H20FN5O2S. The van der Waals surface area contributed by atoms with Crippen LogP contribution in [0.2, 0.25) is 0 Å². The molecule has 0 spiro atoms. The van der Waals surface area contributed by atoms with Crippen molar-refractivity contribution in [1.29, 1.82) is 0 Å². The molecule has 0 bridgehead atoms. The number of rotatable bonds is 6. The molecule has 0 aromatic carbocycles. The van der Waals surface area contributed by atoms with Crippen LogP contribution in [0.1, 0.15) is 19.4 Å². The van der Waals surface area contributed by atoms with Crippen molar-refractivity contribution in [2.75, 3.05) is 17.9 Å². The minimum absolute atomic E-state index is 0.0108. The number of pyridine rings is 2. The summed E-state index contributed by atoms with van der Waals surface area (Å²) in [6.45, 7) is 4.68. The minimum Gasteiger partial charge on any atom is -0.477 e. The third-order valence-corrected chi connectivity index (χ3v) is 4.40. The molecule has 0 amide bonds. The van der Waals surface area contributed by atoms with Gasteiger partial charge in [-0.15, -0.1) is 0 Å². The number of fused-ring (bicyclic) bond motifs is 1. The van der Waals surface area contributed by atoms with Gasteiger partial charge in [-0.3, -0.25) is 4.99 Å². The van der Waals surface area contributed by atoms with E-state index in [0.29, 0.717) is 41.3 Å². The summed E-state index contributed by atoms with van der Waals surface area (Å²) in [7, 11) is 0. The first-order valence-electron chi connectivity index (χ1n) is 8.41. The Bertz CT molecular complexity index is 875. The summed E-state index contributed by atoms with van der Waals surface area (Å²) in [5.41, 5.74) is 7.67. The molecule has 1 aliphatic heterocycles. The number of aliphatic imine (C=N–C) groups is 1. The average Bonchev–Trinajstić information content (AvgIpc) is 2.81. The van der Waals surface area contributed by atoms with E-state index in [1.807, 2.05) is 19.9 Å². The predicted molar refractivity (Wildman–Crippen MR) is 104 cm³/mol. The Morgan fingerprint density at radius 1 is 1.41 bits per heavy atom. The molecule has 1 unspecified atom stereocenters. The maximum absolute atomic E-state index is 13.5. The summed E-state index contributed by atoms with van der Waals surface area (Å²) in [6.07, 6.45) is 5.91. The van der Waals surface area contributed by atoms with Crippen LogP contribution >= 0.6 is 11.9 Å². The number of halogens is 1. The van der Waals surface area contributed by atoms with E-state index in [-0.39, 0.29) is 6.04 Å². The molecule has 0 fully saturated rings. The topological polar surface area (TPSA) is 94.7 Å². The van der Waals surface area contributed by atoms with Crippen LogP contribution < -0.4 is 19.9 Å². The van der Waals surface area contributed by atoms with Gasteiger partial charge in [0.1, 0.15) is 12.4 Å². The first kappa shape index (κ1) is 19.0. The number of nitrogens with one attached hydrogen (secondary N) is 1. The van der Waals surface area contributed by atoms with Crippen LogP contribution in [0, 0.1) is 5.82 Å². The third kappa shape index (κ3) is 4.68. The van der Waals surface area contributed by atoms with Crippen molar-refractivity contribution in [3.8, 4) is 11.8 Å². The second-order valence-corrected chi connectivity index (χ2v) is 6.55. The molecule has 9 heteroatoms. The number of nitrogens with zero attached hydrogens (tertiary/aromatic N) is 3. The van der Waals surface area contributed by atoms with Gasteiger partial charge in [-0.25, -0.2) is 14.4 Å². The fraction of sp³-hybridized carbons (Fsp3) is 0.278. The van der Waals surface area contributed by atoms with Gasteiger partial charge in [0.25, 0.3) is 0 Å². The zero-order valence-corrected chi connectivity index (χ0v) is 15.8. The highest BCUT2D eigenvalue weighted by Crippen LogP contribution is 2.31. The van der Waals surface area contributed by atoms with Crippen molar-refractivity contribution in [3.05, 3.63) is 48.2 Å². The molecular weight excluding hydrogens is 369 g/mol. The molecule has 3 N–H and O–H groups in total. The van der Waals surface area contributed by atoms with Crippen molar-refractivity contribution in [2.24, 2.45) is 10.7 Å². The molecule has 3 rings (SSSR count). The van der Waals surface area contributed by atoms with Crippen LogP contribution in [0.5, 0.6) is 11.8 Å². The van der Waals surface area contributed by atoms with Crippen LogP contribution in [-0.4, -0.2) is 34.9 Å². The zero-order valence-electron chi connectivity index (χ0n) is 15.0. The van der Waals surface area contributed by atoms with Crippen LogP contribution in [0.25, 0.3) is 0 Å². The van der Waals surface area contributed by atoms with Crippen molar-refractivity contribution in [2.45, 2.75) is 24.8 Å². The Hall–Kier alpha value is -2.81. The Kier molecular flexibility index (Phi) is 6.12. The summed E-state index contributed by atoms with van der Waals surface area (Å²) >= 11 is 1.18. The van der Waals surface area contributed by atoms with E-state index < -0.39 is 5.82 Å². The van der Waals surface area contributed by atoms with Crippen LogP contribution in [-0.2, 0) is 0 Å². The molecule has 0 saturated heterocycles. The smallest absolute Gasteiger partial charge is 0.229 e. The first-order chi connectivity index (χ1) is 13.1. The van der Waals surface area contributed by atoms with Gasteiger partial charge in [-0.2, -0.15) is 0 Å². The molecule has 142 valence electrons. The summed E-state index contributed by atoms with van der Waals surface area (Å²) in [6, 6.07) is 3.21. The van der Waals surface area contributed by atoms with E-state index in [1.54, 1.807) is 12.3 Å². The normalized spacial score (nSPS) is 16.3. The van der Waals surface area contributed by atoms with Crippen molar-refractivity contribution in [3.63, 3.8) is 0 Å². The molecule has 0 radical (unpaired) electrons. The molecule has 1 aliphatic rings. The summed E-state index contributed by atoms with van der Waals surface area (Å²) < 4.78 is 27.8. The molecule has 0 aliphatic carbocycles. The number of allylic oxidation sites excluding steroid dienone is 1. The van der Waals surface area contributed by atoms with Crippen LogP contribution in [0.15, 0.2) is 46.7 Å². The second kappa shape index (κ2) is 8.72. The van der Waals surface area contributed by atoms with Crippen molar-refractivity contribution >= 4 is 23.3 Å². The average molecular weight is 389 g/mol. The van der Waals surface area contributed by atoms with Gasteiger partial charge in [0.05, 0.1) is 46.9 Å². The predicted octanol–water partition coefficient (Wildman–Crippen LogP) is 3.18. The van der Waals surface area contributed by atoms with E-state index in [0.717, 1.165) is 11.8 Å². The highest BCUT2D eigenvalue weighted by atomic mass is 32.2. The molecule has 7 nitrogen and oxygen atoms in total. The van der Waals surface area contributed by atoms with Crippen LogP contribution in [0.4, 0.5) is 10.1 Å². The van der Waals surface area contributed by atoms with Crippen molar-refractivity contribution in [1.82, 2.24) is 9.97 Å². The van der Waals surface area contributed by atoms with E-state index in [9.17, 15) is 4.39 Å². The molecule has 2 aromatic heterocycles. The fourth-order valence-corrected chi connectivity index (χ4v) is 3.12. The second-order valence-electron chi connectivity index (χ2n) is 5.70. The largest absolute Gasteiger partial charge is 0.477 e. The number of hydrogen-bond acceptors (Lipinski definition) is 8. The summed E-state index contributed by atoms with van der Waals surface area (Å²) in [5.74, 6) is 0.423.